The summed E-state index contributed by atoms with van der Waals surface area (Å²) >= 11 is 0. The molecule has 0 fully saturated rings. The number of sulfonamides is 1. The van der Waals surface area contributed by atoms with Crippen molar-refractivity contribution in [2.24, 2.45) is 0 Å². The van der Waals surface area contributed by atoms with Gasteiger partial charge < -0.3 is 4.42 Å². The fourth-order valence-corrected chi connectivity index (χ4v) is 3.28. The van der Waals surface area contributed by atoms with Crippen molar-refractivity contribution in [2.75, 3.05) is 4.72 Å². The van der Waals surface area contributed by atoms with Gasteiger partial charge in [-0.15, -0.1) is 0 Å². The van der Waals surface area contributed by atoms with Crippen molar-refractivity contribution in [1.29, 1.82) is 0 Å². The molecule has 0 aliphatic carbocycles. The Kier molecular flexibility index (Phi) is 2.67. The monoisotopic (exact) mass is 314 g/mol. The van der Waals surface area contributed by atoms with E-state index < -0.39 is 10.0 Å². The van der Waals surface area contributed by atoms with E-state index in [1.54, 1.807) is 30.5 Å². The Bertz CT molecular complexity index is 1080. The zero-order valence-electron chi connectivity index (χ0n) is 11.1. The first kappa shape index (κ1) is 12.8. The molecule has 0 amide bonds. The molecule has 2 aromatic carbocycles. The number of hydrogen-bond acceptors (Lipinski definition) is 5. The molecule has 0 spiro atoms. The molecule has 7 nitrogen and oxygen atoms in total. The summed E-state index contributed by atoms with van der Waals surface area (Å²) in [4.78, 5) is 4.07. The number of fused-ring (bicyclic) bond motifs is 2. The number of nitrogens with one attached hydrogen (secondary N) is 2. The fraction of sp³-hybridized carbons (Fsp3) is 0. The second kappa shape index (κ2) is 4.57. The quantitative estimate of drug-likeness (QED) is 0.605. The van der Waals surface area contributed by atoms with Crippen molar-refractivity contribution in [1.82, 2.24) is 15.2 Å². The highest BCUT2D eigenvalue weighted by Crippen LogP contribution is 2.22. The van der Waals surface area contributed by atoms with Crippen LogP contribution in [0.15, 0.2) is 58.3 Å². The standard InChI is InChI=1S/C14H10N4O3S/c19-22(20,11-3-4-12-14(6-11)21-8-15-12)18-10-2-1-9-7-16-17-13(9)5-10/h1-8,18H,(H,16,17). The van der Waals surface area contributed by atoms with Crippen LogP contribution in [-0.2, 0) is 10.0 Å². The van der Waals surface area contributed by atoms with Crippen LogP contribution in [0.5, 0.6) is 0 Å². The summed E-state index contributed by atoms with van der Waals surface area (Å²) in [5.41, 5.74) is 2.24. The van der Waals surface area contributed by atoms with E-state index >= 15 is 0 Å². The molecule has 0 saturated heterocycles. The van der Waals surface area contributed by atoms with Crippen LogP contribution in [0.25, 0.3) is 22.0 Å². The van der Waals surface area contributed by atoms with Gasteiger partial charge in [0.05, 0.1) is 22.3 Å². The number of nitrogens with zero attached hydrogens (tertiary/aromatic N) is 2. The number of rotatable bonds is 3. The summed E-state index contributed by atoms with van der Waals surface area (Å²) in [7, 11) is -3.71. The fourth-order valence-electron chi connectivity index (χ4n) is 2.22. The van der Waals surface area contributed by atoms with Gasteiger partial charge >= 0.3 is 0 Å². The molecule has 0 atom stereocenters. The molecular weight excluding hydrogens is 304 g/mol. The number of H-pyrrole nitrogens is 1. The predicted octanol–water partition coefficient (Wildman–Crippen LogP) is 2.50. The molecule has 0 aliphatic rings. The lowest BCUT2D eigenvalue weighted by atomic mass is 10.2. The molecule has 2 aromatic heterocycles. The van der Waals surface area contributed by atoms with Gasteiger partial charge in [0, 0.05) is 11.5 Å². The first-order valence-electron chi connectivity index (χ1n) is 6.41. The van der Waals surface area contributed by atoms with Gasteiger partial charge in [-0.1, -0.05) is 0 Å². The first-order chi connectivity index (χ1) is 10.6. The van der Waals surface area contributed by atoms with E-state index in [0.29, 0.717) is 16.8 Å². The number of aromatic nitrogens is 3. The summed E-state index contributed by atoms with van der Waals surface area (Å²) < 4.78 is 32.6. The Labute approximate surface area is 125 Å². The molecule has 110 valence electrons. The molecule has 0 bridgehead atoms. The third-order valence-electron chi connectivity index (χ3n) is 3.31. The molecule has 8 heteroatoms. The van der Waals surface area contributed by atoms with Crippen LogP contribution in [0, 0.1) is 0 Å². The van der Waals surface area contributed by atoms with Crippen LogP contribution < -0.4 is 4.72 Å². The molecule has 0 aliphatic heterocycles. The third-order valence-corrected chi connectivity index (χ3v) is 4.69. The second-order valence-electron chi connectivity index (χ2n) is 4.76. The van der Waals surface area contributed by atoms with E-state index in [0.717, 1.165) is 10.9 Å². The molecule has 0 radical (unpaired) electrons. The highest BCUT2D eigenvalue weighted by Gasteiger charge is 2.16. The van der Waals surface area contributed by atoms with Crippen molar-refractivity contribution < 1.29 is 12.8 Å². The van der Waals surface area contributed by atoms with Gasteiger partial charge in [-0.2, -0.15) is 5.10 Å². The number of benzene rings is 2. The normalized spacial score (nSPS) is 12.0. The van der Waals surface area contributed by atoms with Crippen LogP contribution in [0.3, 0.4) is 0 Å². The van der Waals surface area contributed by atoms with Gasteiger partial charge in [0.15, 0.2) is 12.0 Å². The van der Waals surface area contributed by atoms with Crippen LogP contribution in [-0.4, -0.2) is 23.6 Å². The van der Waals surface area contributed by atoms with Crippen molar-refractivity contribution >= 4 is 37.7 Å². The smallest absolute Gasteiger partial charge is 0.262 e. The summed E-state index contributed by atoms with van der Waals surface area (Å²) in [6.45, 7) is 0. The number of hydrogen-bond donors (Lipinski definition) is 2. The molecule has 2 N–H and O–H groups in total. The van der Waals surface area contributed by atoms with E-state index in [1.165, 1.54) is 18.5 Å². The van der Waals surface area contributed by atoms with E-state index in [2.05, 4.69) is 19.9 Å². The summed E-state index contributed by atoms with van der Waals surface area (Å²) in [6, 6.07) is 9.69. The molecule has 0 saturated carbocycles. The van der Waals surface area contributed by atoms with Gasteiger partial charge in [0.25, 0.3) is 10.0 Å². The van der Waals surface area contributed by atoms with Crippen LogP contribution in [0.1, 0.15) is 0 Å². The average Bonchev–Trinajstić information content (AvgIpc) is 3.14. The van der Waals surface area contributed by atoms with Gasteiger partial charge in [0.1, 0.15) is 5.52 Å². The first-order valence-corrected chi connectivity index (χ1v) is 7.89. The second-order valence-corrected chi connectivity index (χ2v) is 6.44. The van der Waals surface area contributed by atoms with Crippen molar-refractivity contribution in [2.45, 2.75) is 4.90 Å². The molecule has 4 aromatic rings. The summed E-state index contributed by atoms with van der Waals surface area (Å²) in [6.07, 6.45) is 2.95. The van der Waals surface area contributed by atoms with Crippen LogP contribution in [0.2, 0.25) is 0 Å². The lowest BCUT2D eigenvalue weighted by molar-refractivity contribution is 0.594. The zero-order valence-corrected chi connectivity index (χ0v) is 12.0. The molecule has 4 rings (SSSR count). The predicted molar refractivity (Wildman–Crippen MR) is 80.9 cm³/mol. The highest BCUT2D eigenvalue weighted by atomic mass is 32.2. The van der Waals surface area contributed by atoms with E-state index in [1.807, 2.05) is 0 Å². The van der Waals surface area contributed by atoms with Crippen molar-refractivity contribution in [3.8, 4) is 0 Å². The maximum Gasteiger partial charge on any atom is 0.262 e. The number of aromatic amines is 1. The minimum atomic E-state index is -3.71. The van der Waals surface area contributed by atoms with E-state index in [4.69, 9.17) is 4.42 Å². The lowest BCUT2D eigenvalue weighted by Crippen LogP contribution is -2.12. The minimum Gasteiger partial charge on any atom is -0.443 e. The van der Waals surface area contributed by atoms with Gasteiger partial charge in [-0.05, 0) is 30.3 Å². The Hall–Kier alpha value is -2.87. The SMILES string of the molecule is O=S(=O)(Nc1ccc2cn[nH]c2c1)c1ccc2ncoc2c1. The van der Waals surface area contributed by atoms with Crippen molar-refractivity contribution in [3.05, 3.63) is 49.0 Å². The van der Waals surface area contributed by atoms with Crippen LogP contribution in [0.4, 0.5) is 5.69 Å². The third kappa shape index (κ3) is 2.09. The Morgan fingerprint density at radius 3 is 2.95 bits per heavy atom. The highest BCUT2D eigenvalue weighted by molar-refractivity contribution is 7.92. The Morgan fingerprint density at radius 1 is 1.14 bits per heavy atom. The Morgan fingerprint density at radius 2 is 2.05 bits per heavy atom. The topological polar surface area (TPSA) is 101 Å². The number of oxazole rings is 1. The molecular formula is C14H10N4O3S. The Balaban J connectivity index is 1.72. The van der Waals surface area contributed by atoms with Gasteiger partial charge in [-0.25, -0.2) is 13.4 Å². The minimum absolute atomic E-state index is 0.112. The molecule has 2 heterocycles. The number of anilines is 1. The maximum absolute atomic E-state index is 12.4. The van der Waals surface area contributed by atoms with Gasteiger partial charge in [-0.3, -0.25) is 9.82 Å². The summed E-state index contributed by atoms with van der Waals surface area (Å²) in [5, 5.41) is 7.61. The average molecular weight is 314 g/mol. The van der Waals surface area contributed by atoms with Gasteiger partial charge in [0.2, 0.25) is 0 Å². The van der Waals surface area contributed by atoms with E-state index in [-0.39, 0.29) is 4.90 Å². The summed E-state index contributed by atoms with van der Waals surface area (Å²) in [5.74, 6) is 0. The van der Waals surface area contributed by atoms with E-state index in [9.17, 15) is 8.42 Å². The van der Waals surface area contributed by atoms with Crippen molar-refractivity contribution in [3.63, 3.8) is 0 Å². The molecule has 22 heavy (non-hydrogen) atoms. The largest absolute Gasteiger partial charge is 0.443 e. The maximum atomic E-state index is 12.4. The lowest BCUT2D eigenvalue weighted by Gasteiger charge is -2.08. The molecule has 0 unspecified atom stereocenters. The zero-order chi connectivity index (χ0) is 15.2. The van der Waals surface area contributed by atoms with Crippen LogP contribution >= 0.6 is 0 Å².